The van der Waals surface area contributed by atoms with Gasteiger partial charge in [-0.1, -0.05) is 18.2 Å². The van der Waals surface area contributed by atoms with Gasteiger partial charge < -0.3 is 10.5 Å². The van der Waals surface area contributed by atoms with Crippen molar-refractivity contribution in [3.63, 3.8) is 0 Å². The summed E-state index contributed by atoms with van der Waals surface area (Å²) in [5.41, 5.74) is 6.32. The zero-order chi connectivity index (χ0) is 14.8. The van der Waals surface area contributed by atoms with Crippen molar-refractivity contribution in [2.45, 2.75) is 19.4 Å². The van der Waals surface area contributed by atoms with Crippen LogP contribution < -0.4 is 10.5 Å². The fraction of sp³-hybridized carbons (Fsp3) is 0.250. The van der Waals surface area contributed by atoms with Gasteiger partial charge in [-0.3, -0.25) is 0 Å². The molecule has 0 spiro atoms. The number of nitrogens with two attached hydrogens (primary N) is 1. The van der Waals surface area contributed by atoms with E-state index in [0.717, 1.165) is 6.07 Å². The Bertz CT molecular complexity index is 591. The third-order valence-electron chi connectivity index (χ3n) is 3.21. The lowest BCUT2D eigenvalue weighted by Gasteiger charge is -2.28. The number of rotatable bonds is 4. The predicted octanol–water partition coefficient (Wildman–Crippen LogP) is 3.59. The van der Waals surface area contributed by atoms with E-state index in [9.17, 15) is 8.78 Å². The molecule has 0 fully saturated rings. The van der Waals surface area contributed by atoms with Crippen LogP contribution in [0, 0.1) is 11.6 Å². The van der Waals surface area contributed by atoms with Gasteiger partial charge in [-0.25, -0.2) is 8.78 Å². The lowest BCUT2D eigenvalue weighted by atomic mass is 9.85. The molecule has 0 aliphatic rings. The van der Waals surface area contributed by atoms with Crippen molar-refractivity contribution in [3.8, 4) is 5.75 Å². The minimum absolute atomic E-state index is 0.363. The first kappa shape index (κ1) is 14.5. The molecule has 0 aliphatic heterocycles. The van der Waals surface area contributed by atoms with Crippen molar-refractivity contribution < 1.29 is 13.5 Å². The molecule has 2 aromatic carbocycles. The van der Waals surface area contributed by atoms with E-state index in [1.165, 1.54) is 12.1 Å². The van der Waals surface area contributed by atoms with Gasteiger partial charge in [0, 0.05) is 11.6 Å². The summed E-state index contributed by atoms with van der Waals surface area (Å²) in [5.74, 6) is -0.680. The monoisotopic (exact) mass is 277 g/mol. The van der Waals surface area contributed by atoms with Crippen LogP contribution in [0.2, 0.25) is 0 Å². The van der Waals surface area contributed by atoms with E-state index in [2.05, 4.69) is 0 Å². The minimum Gasteiger partial charge on any atom is -0.494 e. The maximum atomic E-state index is 13.4. The lowest BCUT2D eigenvalue weighted by Crippen LogP contribution is -2.35. The summed E-state index contributed by atoms with van der Waals surface area (Å²) < 4.78 is 32.3. The van der Waals surface area contributed by atoms with Crippen molar-refractivity contribution in [3.05, 3.63) is 65.2 Å². The van der Waals surface area contributed by atoms with E-state index in [0.29, 0.717) is 23.5 Å². The van der Waals surface area contributed by atoms with Crippen molar-refractivity contribution in [1.82, 2.24) is 0 Å². The average molecular weight is 277 g/mol. The Morgan fingerprint density at radius 1 is 1.10 bits per heavy atom. The number of halogens is 2. The summed E-state index contributed by atoms with van der Waals surface area (Å²) in [7, 11) is 0. The molecule has 2 N–H and O–H groups in total. The number of benzene rings is 2. The second-order valence-electron chi connectivity index (χ2n) is 4.79. The van der Waals surface area contributed by atoms with Crippen molar-refractivity contribution in [1.29, 1.82) is 0 Å². The van der Waals surface area contributed by atoms with Crippen LogP contribution in [0.4, 0.5) is 8.78 Å². The molecular formula is C16H17F2NO. The topological polar surface area (TPSA) is 35.2 Å². The molecule has 4 heteroatoms. The van der Waals surface area contributed by atoms with Crippen LogP contribution in [0.15, 0.2) is 42.5 Å². The van der Waals surface area contributed by atoms with Gasteiger partial charge in [-0.2, -0.15) is 0 Å². The van der Waals surface area contributed by atoms with Gasteiger partial charge in [0.2, 0.25) is 0 Å². The predicted molar refractivity (Wildman–Crippen MR) is 74.6 cm³/mol. The molecule has 0 bridgehead atoms. The zero-order valence-electron chi connectivity index (χ0n) is 11.5. The Morgan fingerprint density at radius 3 is 2.30 bits per heavy atom. The van der Waals surface area contributed by atoms with E-state index in [1.54, 1.807) is 19.1 Å². The van der Waals surface area contributed by atoms with Crippen LogP contribution in [0.25, 0.3) is 0 Å². The van der Waals surface area contributed by atoms with Gasteiger partial charge in [0.1, 0.15) is 17.4 Å². The SMILES string of the molecule is CCOc1ccccc1C(C)(N)c1cc(F)cc(F)c1. The summed E-state index contributed by atoms with van der Waals surface area (Å²) in [5, 5.41) is 0. The fourth-order valence-corrected chi connectivity index (χ4v) is 2.19. The number of hydrogen-bond donors (Lipinski definition) is 1. The first-order chi connectivity index (χ1) is 9.45. The van der Waals surface area contributed by atoms with Gasteiger partial charge in [0.05, 0.1) is 12.1 Å². The fourth-order valence-electron chi connectivity index (χ4n) is 2.19. The molecule has 0 saturated heterocycles. The van der Waals surface area contributed by atoms with Crippen molar-refractivity contribution in [2.75, 3.05) is 6.61 Å². The quantitative estimate of drug-likeness (QED) is 0.927. The molecule has 2 nitrogen and oxygen atoms in total. The van der Waals surface area contributed by atoms with Gasteiger partial charge in [-0.15, -0.1) is 0 Å². The average Bonchev–Trinajstić information content (AvgIpc) is 2.38. The highest BCUT2D eigenvalue weighted by Gasteiger charge is 2.28. The van der Waals surface area contributed by atoms with Gasteiger partial charge in [-0.05, 0) is 37.6 Å². The van der Waals surface area contributed by atoms with E-state index in [-0.39, 0.29) is 0 Å². The van der Waals surface area contributed by atoms with Gasteiger partial charge in [0.15, 0.2) is 0 Å². The van der Waals surface area contributed by atoms with Crippen molar-refractivity contribution >= 4 is 0 Å². The molecule has 0 radical (unpaired) electrons. The van der Waals surface area contributed by atoms with Crippen LogP contribution in [0.5, 0.6) is 5.75 Å². The number of para-hydroxylation sites is 1. The Morgan fingerprint density at radius 2 is 1.70 bits per heavy atom. The first-order valence-electron chi connectivity index (χ1n) is 6.43. The van der Waals surface area contributed by atoms with E-state index in [1.807, 2.05) is 19.1 Å². The summed E-state index contributed by atoms with van der Waals surface area (Å²) in [4.78, 5) is 0. The van der Waals surface area contributed by atoms with Gasteiger partial charge in [0.25, 0.3) is 0 Å². The molecule has 20 heavy (non-hydrogen) atoms. The maximum Gasteiger partial charge on any atom is 0.126 e. The van der Waals surface area contributed by atoms with E-state index >= 15 is 0 Å². The van der Waals surface area contributed by atoms with Crippen LogP contribution in [0.3, 0.4) is 0 Å². The largest absolute Gasteiger partial charge is 0.494 e. The highest BCUT2D eigenvalue weighted by Crippen LogP contribution is 2.33. The smallest absolute Gasteiger partial charge is 0.126 e. The Balaban J connectivity index is 2.54. The molecule has 2 aromatic rings. The summed E-state index contributed by atoms with van der Waals surface area (Å²) >= 11 is 0. The molecule has 1 atom stereocenters. The Kier molecular flexibility index (Phi) is 4.04. The Labute approximate surface area is 117 Å². The normalized spacial score (nSPS) is 13.8. The molecule has 0 aliphatic carbocycles. The van der Waals surface area contributed by atoms with Crippen molar-refractivity contribution in [2.24, 2.45) is 5.73 Å². The van der Waals surface area contributed by atoms with Gasteiger partial charge >= 0.3 is 0 Å². The zero-order valence-corrected chi connectivity index (χ0v) is 11.5. The standard InChI is InChI=1S/C16H17F2NO/c1-3-20-15-7-5-4-6-14(15)16(2,19)11-8-12(17)10-13(18)9-11/h4-10H,3,19H2,1-2H3. The third kappa shape index (κ3) is 2.80. The summed E-state index contributed by atoms with van der Waals surface area (Å²) in [6.07, 6.45) is 0. The molecule has 2 rings (SSSR count). The highest BCUT2D eigenvalue weighted by molar-refractivity contribution is 5.45. The van der Waals surface area contributed by atoms with E-state index in [4.69, 9.17) is 10.5 Å². The van der Waals surface area contributed by atoms with Crippen LogP contribution in [0.1, 0.15) is 25.0 Å². The molecular weight excluding hydrogens is 260 g/mol. The summed E-state index contributed by atoms with van der Waals surface area (Å²) in [6, 6.07) is 10.5. The lowest BCUT2D eigenvalue weighted by molar-refractivity contribution is 0.330. The van der Waals surface area contributed by atoms with Crippen LogP contribution in [-0.2, 0) is 5.54 Å². The maximum absolute atomic E-state index is 13.4. The minimum atomic E-state index is -1.05. The van der Waals surface area contributed by atoms with E-state index < -0.39 is 17.2 Å². The molecule has 0 amide bonds. The first-order valence-corrected chi connectivity index (χ1v) is 6.43. The second-order valence-corrected chi connectivity index (χ2v) is 4.79. The molecule has 106 valence electrons. The van der Waals surface area contributed by atoms with Crippen LogP contribution in [-0.4, -0.2) is 6.61 Å². The van der Waals surface area contributed by atoms with Crippen LogP contribution >= 0.6 is 0 Å². The second kappa shape index (κ2) is 5.59. The molecule has 0 heterocycles. The summed E-state index contributed by atoms with van der Waals surface area (Å²) in [6.45, 7) is 4.07. The molecule has 0 aromatic heterocycles. The molecule has 1 unspecified atom stereocenters. The number of hydrogen-bond acceptors (Lipinski definition) is 2. The highest BCUT2D eigenvalue weighted by atomic mass is 19.1. The molecule has 0 saturated carbocycles. The third-order valence-corrected chi connectivity index (χ3v) is 3.21. The number of ether oxygens (including phenoxy) is 1. The Hall–Kier alpha value is -1.94.